The first-order valence-corrected chi connectivity index (χ1v) is 6.75. The Morgan fingerprint density at radius 3 is 2.71 bits per heavy atom. The molecule has 0 fully saturated rings. The van der Waals surface area contributed by atoms with Crippen LogP contribution < -0.4 is 5.73 Å². The van der Waals surface area contributed by atoms with Crippen LogP contribution in [0.5, 0.6) is 0 Å². The highest BCUT2D eigenvalue weighted by Crippen LogP contribution is 2.30. The molecular formula is C11H18BrNS. The van der Waals surface area contributed by atoms with Crippen molar-refractivity contribution in [3.8, 4) is 0 Å². The molecule has 1 heterocycles. The van der Waals surface area contributed by atoms with Crippen LogP contribution >= 0.6 is 27.3 Å². The van der Waals surface area contributed by atoms with Crippen LogP contribution in [0.2, 0.25) is 0 Å². The molecule has 0 aliphatic carbocycles. The van der Waals surface area contributed by atoms with Crippen molar-refractivity contribution in [3.63, 3.8) is 0 Å². The maximum atomic E-state index is 6.13. The molecule has 1 aromatic heterocycles. The second-order valence-electron chi connectivity index (χ2n) is 3.88. The highest BCUT2D eigenvalue weighted by Gasteiger charge is 2.12. The molecule has 1 nitrogen and oxygen atoms in total. The van der Waals surface area contributed by atoms with Gasteiger partial charge in [-0.3, -0.25) is 0 Å². The molecule has 0 aliphatic rings. The summed E-state index contributed by atoms with van der Waals surface area (Å²) < 4.78 is 1.17. The molecule has 0 radical (unpaired) electrons. The molecule has 2 unspecified atom stereocenters. The maximum absolute atomic E-state index is 6.13. The summed E-state index contributed by atoms with van der Waals surface area (Å²) in [6.07, 6.45) is 3.63. The van der Waals surface area contributed by atoms with Gasteiger partial charge in [-0.2, -0.15) is 0 Å². The number of halogens is 1. The lowest BCUT2D eigenvalue weighted by Crippen LogP contribution is -2.12. The zero-order valence-corrected chi connectivity index (χ0v) is 11.2. The summed E-state index contributed by atoms with van der Waals surface area (Å²) in [5.74, 6) is 0.732. The second-order valence-corrected chi connectivity index (χ2v) is 6.37. The first-order valence-electron chi connectivity index (χ1n) is 5.14. The van der Waals surface area contributed by atoms with Gasteiger partial charge in [-0.25, -0.2) is 0 Å². The van der Waals surface area contributed by atoms with Crippen molar-refractivity contribution in [1.82, 2.24) is 0 Å². The van der Waals surface area contributed by atoms with Gasteiger partial charge in [0.05, 0.1) is 3.79 Å². The minimum absolute atomic E-state index is 0.216. The molecule has 80 valence electrons. The summed E-state index contributed by atoms with van der Waals surface area (Å²) in [7, 11) is 0. The summed E-state index contributed by atoms with van der Waals surface area (Å²) in [5.41, 5.74) is 6.13. The first-order chi connectivity index (χ1) is 6.63. The molecule has 3 heteroatoms. The van der Waals surface area contributed by atoms with Gasteiger partial charge in [0.1, 0.15) is 0 Å². The van der Waals surface area contributed by atoms with Gasteiger partial charge in [-0.15, -0.1) is 11.3 Å². The third-order valence-corrected chi connectivity index (χ3v) is 4.15. The van der Waals surface area contributed by atoms with E-state index >= 15 is 0 Å². The predicted octanol–water partition coefficient (Wildman–Crippen LogP) is 4.34. The summed E-state index contributed by atoms with van der Waals surface area (Å²) in [5, 5.41) is 0. The SMILES string of the molecule is CCCC(C)CC(N)c1ccc(Br)s1. The van der Waals surface area contributed by atoms with Crippen LogP contribution in [-0.2, 0) is 0 Å². The Kier molecular flexibility index (Phi) is 5.13. The fourth-order valence-electron chi connectivity index (χ4n) is 1.69. The zero-order chi connectivity index (χ0) is 10.6. The van der Waals surface area contributed by atoms with Crippen molar-refractivity contribution >= 4 is 27.3 Å². The van der Waals surface area contributed by atoms with Crippen molar-refractivity contribution in [3.05, 3.63) is 20.8 Å². The largest absolute Gasteiger partial charge is 0.323 e. The van der Waals surface area contributed by atoms with Crippen molar-refractivity contribution < 1.29 is 0 Å². The Bertz CT molecular complexity index is 272. The van der Waals surface area contributed by atoms with Crippen LogP contribution in [0.1, 0.15) is 44.0 Å². The lowest BCUT2D eigenvalue weighted by molar-refractivity contribution is 0.443. The number of hydrogen-bond acceptors (Lipinski definition) is 2. The van der Waals surface area contributed by atoms with Gasteiger partial charge >= 0.3 is 0 Å². The van der Waals surface area contributed by atoms with Gasteiger partial charge < -0.3 is 5.73 Å². The average Bonchev–Trinajstić information content (AvgIpc) is 2.52. The fraction of sp³-hybridized carbons (Fsp3) is 0.636. The summed E-state index contributed by atoms with van der Waals surface area (Å²) in [4.78, 5) is 1.29. The molecule has 1 rings (SSSR count). The molecule has 0 aromatic carbocycles. The standard InChI is InChI=1S/C11H18BrNS/c1-3-4-8(2)7-9(13)10-5-6-11(12)14-10/h5-6,8-9H,3-4,7,13H2,1-2H3. The number of nitrogens with two attached hydrogens (primary N) is 1. The van der Waals surface area contributed by atoms with E-state index in [1.165, 1.54) is 21.5 Å². The highest BCUT2D eigenvalue weighted by molar-refractivity contribution is 9.11. The van der Waals surface area contributed by atoms with Gasteiger partial charge in [0.2, 0.25) is 0 Å². The van der Waals surface area contributed by atoms with Crippen LogP contribution in [0.4, 0.5) is 0 Å². The van der Waals surface area contributed by atoms with E-state index in [1.54, 1.807) is 11.3 Å². The fourth-order valence-corrected chi connectivity index (χ4v) is 3.13. The second kappa shape index (κ2) is 5.89. The number of rotatable bonds is 5. The minimum atomic E-state index is 0.216. The Morgan fingerprint density at radius 2 is 2.21 bits per heavy atom. The van der Waals surface area contributed by atoms with E-state index in [-0.39, 0.29) is 6.04 Å². The molecular weight excluding hydrogens is 258 g/mol. The quantitative estimate of drug-likeness (QED) is 0.850. The molecule has 0 saturated heterocycles. The molecule has 2 atom stereocenters. The summed E-state index contributed by atoms with van der Waals surface area (Å²) in [6.45, 7) is 4.51. The smallest absolute Gasteiger partial charge is 0.0701 e. The van der Waals surface area contributed by atoms with E-state index < -0.39 is 0 Å². The topological polar surface area (TPSA) is 26.0 Å². The van der Waals surface area contributed by atoms with Crippen molar-refractivity contribution in [2.45, 2.75) is 39.2 Å². The molecule has 0 bridgehead atoms. The van der Waals surface area contributed by atoms with Crippen LogP contribution in [0.25, 0.3) is 0 Å². The first kappa shape index (κ1) is 12.2. The van der Waals surface area contributed by atoms with E-state index in [4.69, 9.17) is 5.73 Å². The van der Waals surface area contributed by atoms with Gasteiger partial charge in [-0.1, -0.05) is 26.7 Å². The van der Waals surface area contributed by atoms with Crippen molar-refractivity contribution in [2.24, 2.45) is 11.7 Å². The number of thiophene rings is 1. The molecule has 1 aromatic rings. The maximum Gasteiger partial charge on any atom is 0.0701 e. The van der Waals surface area contributed by atoms with Crippen LogP contribution in [0.3, 0.4) is 0 Å². The Hall–Kier alpha value is 0.140. The van der Waals surface area contributed by atoms with Crippen LogP contribution in [0, 0.1) is 5.92 Å². The predicted molar refractivity (Wildman–Crippen MR) is 67.6 cm³/mol. The van der Waals surface area contributed by atoms with E-state index in [9.17, 15) is 0 Å². The minimum Gasteiger partial charge on any atom is -0.323 e. The van der Waals surface area contributed by atoms with E-state index in [0.717, 1.165) is 12.3 Å². The summed E-state index contributed by atoms with van der Waals surface area (Å²) >= 11 is 5.21. The van der Waals surface area contributed by atoms with E-state index in [0.29, 0.717) is 0 Å². The molecule has 2 N–H and O–H groups in total. The van der Waals surface area contributed by atoms with Gasteiger partial charge in [0.25, 0.3) is 0 Å². The molecule has 14 heavy (non-hydrogen) atoms. The zero-order valence-electron chi connectivity index (χ0n) is 8.79. The van der Waals surface area contributed by atoms with E-state index in [1.807, 2.05) is 0 Å². The third-order valence-electron chi connectivity index (χ3n) is 2.40. The molecule has 0 aliphatic heterocycles. The van der Waals surface area contributed by atoms with Gasteiger partial charge in [-0.05, 0) is 40.4 Å². The lowest BCUT2D eigenvalue weighted by Gasteiger charge is -2.15. The third kappa shape index (κ3) is 3.71. The molecule has 0 spiro atoms. The van der Waals surface area contributed by atoms with Gasteiger partial charge in [0, 0.05) is 10.9 Å². The normalized spacial score (nSPS) is 15.4. The van der Waals surface area contributed by atoms with Gasteiger partial charge in [0.15, 0.2) is 0 Å². The Labute approximate surface area is 98.8 Å². The molecule has 0 amide bonds. The highest BCUT2D eigenvalue weighted by atomic mass is 79.9. The van der Waals surface area contributed by atoms with Crippen LogP contribution in [0.15, 0.2) is 15.9 Å². The summed E-state index contributed by atoms with van der Waals surface area (Å²) in [6, 6.07) is 4.41. The average molecular weight is 276 g/mol. The lowest BCUT2D eigenvalue weighted by atomic mass is 9.97. The Balaban J connectivity index is 2.45. The van der Waals surface area contributed by atoms with Crippen molar-refractivity contribution in [2.75, 3.05) is 0 Å². The van der Waals surface area contributed by atoms with E-state index in [2.05, 4.69) is 41.9 Å². The van der Waals surface area contributed by atoms with Crippen LogP contribution in [-0.4, -0.2) is 0 Å². The van der Waals surface area contributed by atoms with Crippen molar-refractivity contribution in [1.29, 1.82) is 0 Å². The monoisotopic (exact) mass is 275 g/mol. The molecule has 0 saturated carbocycles. The Morgan fingerprint density at radius 1 is 1.50 bits per heavy atom. The number of hydrogen-bond donors (Lipinski definition) is 1.